The smallest absolute Gasteiger partial charge is 0.246 e. The fourth-order valence-corrected chi connectivity index (χ4v) is 3.84. The Morgan fingerprint density at radius 3 is 2.96 bits per heavy atom. The lowest BCUT2D eigenvalue weighted by Crippen LogP contribution is -2.34. The molecule has 0 bridgehead atoms. The number of carbonyl (C=O) groups excluding carboxylic acids is 1. The number of hydrogen-bond donors (Lipinski definition) is 1. The average molecular weight is 380 g/mol. The van der Waals surface area contributed by atoms with Gasteiger partial charge >= 0.3 is 0 Å². The van der Waals surface area contributed by atoms with E-state index in [4.69, 9.17) is 23.2 Å². The molecule has 132 valence electrons. The van der Waals surface area contributed by atoms with Gasteiger partial charge in [0.2, 0.25) is 5.91 Å². The number of aliphatic hydroxyl groups excluding tert-OH is 1. The molecule has 1 heterocycles. The maximum Gasteiger partial charge on any atom is 0.246 e. The quantitative estimate of drug-likeness (QED) is 0.828. The second-order valence-corrected chi connectivity index (χ2v) is 6.87. The zero-order chi connectivity index (χ0) is 18.1. The van der Waals surface area contributed by atoms with E-state index in [0.29, 0.717) is 16.5 Å². The Balaban J connectivity index is 1.84. The summed E-state index contributed by atoms with van der Waals surface area (Å²) in [6, 6.07) is 4.79. The highest BCUT2D eigenvalue weighted by Gasteiger charge is 2.37. The Kier molecular flexibility index (Phi) is 5.18. The molecule has 2 atom stereocenters. The van der Waals surface area contributed by atoms with Crippen molar-refractivity contribution in [1.82, 2.24) is 14.7 Å². The SMILES string of the molecule is CCn1nccc1/C=C/C(=O)N(C)C1c2cc(Cl)cc(Cl)c2CC1O. The Morgan fingerprint density at radius 2 is 2.24 bits per heavy atom. The summed E-state index contributed by atoms with van der Waals surface area (Å²) < 4.78 is 1.79. The summed E-state index contributed by atoms with van der Waals surface area (Å²) in [7, 11) is 1.67. The number of likely N-dealkylation sites (N-methyl/N-ethyl adjacent to an activating group) is 1. The second-order valence-electron chi connectivity index (χ2n) is 6.03. The number of aryl methyl sites for hydroxylation is 1. The summed E-state index contributed by atoms with van der Waals surface area (Å²) in [6.45, 7) is 2.71. The van der Waals surface area contributed by atoms with Crippen LogP contribution >= 0.6 is 23.2 Å². The van der Waals surface area contributed by atoms with E-state index >= 15 is 0 Å². The minimum absolute atomic E-state index is 0.211. The minimum Gasteiger partial charge on any atom is -0.390 e. The van der Waals surface area contributed by atoms with Gasteiger partial charge in [0.15, 0.2) is 0 Å². The van der Waals surface area contributed by atoms with Crippen molar-refractivity contribution >= 4 is 35.2 Å². The largest absolute Gasteiger partial charge is 0.390 e. The van der Waals surface area contributed by atoms with Gasteiger partial charge in [-0.3, -0.25) is 9.48 Å². The van der Waals surface area contributed by atoms with Crippen molar-refractivity contribution in [1.29, 1.82) is 0 Å². The molecule has 0 radical (unpaired) electrons. The molecule has 1 N–H and O–H groups in total. The first kappa shape index (κ1) is 18.0. The van der Waals surface area contributed by atoms with Gasteiger partial charge in [-0.05, 0) is 42.3 Å². The van der Waals surface area contributed by atoms with Gasteiger partial charge in [0.05, 0.1) is 17.8 Å². The van der Waals surface area contributed by atoms with E-state index < -0.39 is 12.1 Å². The van der Waals surface area contributed by atoms with E-state index in [1.54, 1.807) is 36.1 Å². The van der Waals surface area contributed by atoms with Gasteiger partial charge in [-0.25, -0.2) is 0 Å². The third kappa shape index (κ3) is 3.45. The average Bonchev–Trinajstić information content (AvgIpc) is 3.15. The molecule has 2 aromatic rings. The van der Waals surface area contributed by atoms with Crippen LogP contribution in [0.25, 0.3) is 6.08 Å². The highest BCUT2D eigenvalue weighted by Crippen LogP contribution is 2.40. The van der Waals surface area contributed by atoms with Crippen molar-refractivity contribution in [3.05, 3.63) is 57.3 Å². The van der Waals surface area contributed by atoms with Gasteiger partial charge in [-0.15, -0.1) is 0 Å². The van der Waals surface area contributed by atoms with Crippen LogP contribution in [0.2, 0.25) is 10.0 Å². The molecule has 7 heteroatoms. The molecule has 0 spiro atoms. The molecule has 3 rings (SSSR count). The van der Waals surface area contributed by atoms with E-state index in [2.05, 4.69) is 5.10 Å². The predicted molar refractivity (Wildman–Crippen MR) is 98.6 cm³/mol. The molecule has 1 amide bonds. The lowest BCUT2D eigenvalue weighted by Gasteiger charge is -2.27. The number of carbonyl (C=O) groups is 1. The lowest BCUT2D eigenvalue weighted by atomic mass is 10.1. The van der Waals surface area contributed by atoms with Crippen molar-refractivity contribution in [2.24, 2.45) is 0 Å². The van der Waals surface area contributed by atoms with E-state index in [9.17, 15) is 9.90 Å². The van der Waals surface area contributed by atoms with Crippen LogP contribution in [0, 0.1) is 0 Å². The zero-order valence-electron chi connectivity index (χ0n) is 14.0. The van der Waals surface area contributed by atoms with Gasteiger partial charge in [0.25, 0.3) is 0 Å². The predicted octanol–water partition coefficient (Wildman–Crippen LogP) is 3.34. The number of halogens is 2. The van der Waals surface area contributed by atoms with Crippen LogP contribution in [0.4, 0.5) is 0 Å². The van der Waals surface area contributed by atoms with Gasteiger partial charge in [0.1, 0.15) is 0 Å². The first-order chi connectivity index (χ1) is 11.9. The van der Waals surface area contributed by atoms with Gasteiger partial charge in [-0.2, -0.15) is 5.10 Å². The molecule has 0 saturated carbocycles. The second kappa shape index (κ2) is 7.20. The molecule has 2 unspecified atom stereocenters. The van der Waals surface area contributed by atoms with Crippen LogP contribution in [0.1, 0.15) is 29.8 Å². The number of aliphatic hydroxyl groups is 1. The normalized spacial score (nSPS) is 19.4. The summed E-state index contributed by atoms with van der Waals surface area (Å²) in [4.78, 5) is 14.1. The monoisotopic (exact) mass is 379 g/mol. The summed E-state index contributed by atoms with van der Waals surface area (Å²) in [6.07, 6.45) is 4.59. The number of hydrogen-bond acceptors (Lipinski definition) is 3. The number of amides is 1. The van der Waals surface area contributed by atoms with Crippen LogP contribution in [0.5, 0.6) is 0 Å². The fourth-order valence-electron chi connectivity index (χ4n) is 3.26. The summed E-state index contributed by atoms with van der Waals surface area (Å²) in [5.74, 6) is -0.211. The highest BCUT2D eigenvalue weighted by atomic mass is 35.5. The summed E-state index contributed by atoms with van der Waals surface area (Å²) in [5.41, 5.74) is 2.49. The molecule has 0 saturated heterocycles. The molecular formula is C18H19Cl2N3O2. The first-order valence-electron chi connectivity index (χ1n) is 8.05. The highest BCUT2D eigenvalue weighted by molar-refractivity contribution is 6.35. The van der Waals surface area contributed by atoms with Crippen molar-refractivity contribution in [2.45, 2.75) is 32.0 Å². The van der Waals surface area contributed by atoms with Crippen molar-refractivity contribution in [3.8, 4) is 0 Å². The number of rotatable bonds is 4. The van der Waals surface area contributed by atoms with Crippen LogP contribution in [0.3, 0.4) is 0 Å². The first-order valence-corrected chi connectivity index (χ1v) is 8.80. The minimum atomic E-state index is -0.713. The summed E-state index contributed by atoms with van der Waals surface area (Å²) >= 11 is 12.3. The van der Waals surface area contributed by atoms with Gasteiger partial charge < -0.3 is 10.0 Å². The molecule has 1 aromatic carbocycles. The van der Waals surface area contributed by atoms with Gasteiger partial charge in [-0.1, -0.05) is 23.2 Å². The number of fused-ring (bicyclic) bond motifs is 1. The Morgan fingerprint density at radius 1 is 1.48 bits per heavy atom. The molecule has 1 aromatic heterocycles. The standard InChI is InChI=1S/C18H19Cl2N3O2/c1-3-23-12(6-7-21-23)4-5-17(25)22(2)18-14-8-11(19)9-15(20)13(14)10-16(18)24/h4-9,16,18,24H,3,10H2,1-2H3/b5-4+. The molecule has 0 aliphatic heterocycles. The molecular weight excluding hydrogens is 361 g/mol. The Hall–Kier alpha value is -1.82. The number of aromatic nitrogens is 2. The van der Waals surface area contributed by atoms with E-state index in [1.807, 2.05) is 13.0 Å². The molecule has 5 nitrogen and oxygen atoms in total. The third-order valence-electron chi connectivity index (χ3n) is 4.50. The third-order valence-corrected chi connectivity index (χ3v) is 5.06. The molecule has 1 aliphatic carbocycles. The van der Waals surface area contributed by atoms with E-state index in [-0.39, 0.29) is 5.91 Å². The van der Waals surface area contributed by atoms with Crippen molar-refractivity contribution < 1.29 is 9.90 Å². The Bertz CT molecular complexity index is 832. The summed E-state index contributed by atoms with van der Waals surface area (Å²) in [5, 5.41) is 15.6. The van der Waals surface area contributed by atoms with Gasteiger partial charge in [0, 0.05) is 42.3 Å². The maximum absolute atomic E-state index is 12.6. The maximum atomic E-state index is 12.6. The molecule has 1 aliphatic rings. The van der Waals surface area contributed by atoms with E-state index in [0.717, 1.165) is 23.4 Å². The Labute approximate surface area is 156 Å². The number of nitrogens with zero attached hydrogens (tertiary/aromatic N) is 3. The fraction of sp³-hybridized carbons (Fsp3) is 0.333. The van der Waals surface area contributed by atoms with Crippen LogP contribution in [-0.4, -0.2) is 38.8 Å². The van der Waals surface area contributed by atoms with Crippen LogP contribution in [-0.2, 0) is 17.8 Å². The van der Waals surface area contributed by atoms with Crippen LogP contribution < -0.4 is 0 Å². The topological polar surface area (TPSA) is 58.4 Å². The zero-order valence-corrected chi connectivity index (χ0v) is 15.5. The number of benzene rings is 1. The van der Waals surface area contributed by atoms with Crippen molar-refractivity contribution in [3.63, 3.8) is 0 Å². The lowest BCUT2D eigenvalue weighted by molar-refractivity contribution is -0.128. The van der Waals surface area contributed by atoms with Crippen molar-refractivity contribution in [2.75, 3.05) is 7.05 Å². The van der Waals surface area contributed by atoms with Crippen LogP contribution in [0.15, 0.2) is 30.5 Å². The molecule has 25 heavy (non-hydrogen) atoms. The van der Waals surface area contributed by atoms with E-state index in [1.165, 1.54) is 11.0 Å². The molecule has 0 fully saturated rings.